The fourth-order valence-electron chi connectivity index (χ4n) is 1.51. The summed E-state index contributed by atoms with van der Waals surface area (Å²) in [6.45, 7) is 0. The van der Waals surface area contributed by atoms with Gasteiger partial charge in [-0.2, -0.15) is 0 Å². The van der Waals surface area contributed by atoms with Crippen molar-refractivity contribution in [3.8, 4) is 22.6 Å². The van der Waals surface area contributed by atoms with E-state index in [9.17, 15) is 0 Å². The molecule has 17 heavy (non-hydrogen) atoms. The summed E-state index contributed by atoms with van der Waals surface area (Å²) >= 11 is 3.45. The lowest BCUT2D eigenvalue weighted by Gasteiger charge is -2.10. The number of anilines is 1. The first-order valence-corrected chi connectivity index (χ1v) is 5.58. The Balaban J connectivity index is 2.59. The third-order valence-corrected chi connectivity index (χ3v) is 3.02. The standard InChI is InChI=1S/C11H11BrN2O3/c1-15-9-3-6(7-5-14-17-11(7)13)8(12)4-10(9)16-2/h3-5H,13H2,1-2H3. The minimum atomic E-state index is 0.262. The second kappa shape index (κ2) is 4.67. The number of benzene rings is 1. The Morgan fingerprint density at radius 3 is 2.35 bits per heavy atom. The van der Waals surface area contributed by atoms with Crippen LogP contribution in [0.5, 0.6) is 11.5 Å². The van der Waals surface area contributed by atoms with Gasteiger partial charge in [-0.05, 0) is 12.1 Å². The number of nitrogens with zero attached hydrogens (tertiary/aromatic N) is 1. The molecule has 0 aliphatic carbocycles. The summed E-state index contributed by atoms with van der Waals surface area (Å²) in [7, 11) is 3.16. The predicted molar refractivity (Wildman–Crippen MR) is 67.2 cm³/mol. The summed E-state index contributed by atoms with van der Waals surface area (Å²) in [6.07, 6.45) is 1.56. The molecule has 2 aromatic rings. The lowest BCUT2D eigenvalue weighted by atomic mass is 10.1. The van der Waals surface area contributed by atoms with Gasteiger partial charge in [-0.3, -0.25) is 0 Å². The van der Waals surface area contributed by atoms with Crippen LogP contribution in [0.3, 0.4) is 0 Å². The van der Waals surface area contributed by atoms with Gasteiger partial charge in [-0.15, -0.1) is 0 Å². The molecule has 0 atom stereocenters. The highest BCUT2D eigenvalue weighted by Crippen LogP contribution is 2.40. The summed E-state index contributed by atoms with van der Waals surface area (Å²) in [5.41, 5.74) is 7.22. The average molecular weight is 299 g/mol. The minimum absolute atomic E-state index is 0.262. The van der Waals surface area contributed by atoms with E-state index in [1.165, 1.54) is 0 Å². The van der Waals surface area contributed by atoms with Gasteiger partial charge >= 0.3 is 0 Å². The Morgan fingerprint density at radius 1 is 1.18 bits per heavy atom. The molecule has 0 aliphatic heterocycles. The van der Waals surface area contributed by atoms with E-state index in [0.29, 0.717) is 17.1 Å². The van der Waals surface area contributed by atoms with Crippen LogP contribution < -0.4 is 15.2 Å². The number of halogens is 1. The number of nitrogen functional groups attached to an aromatic ring is 1. The Labute approximate surface area is 107 Å². The van der Waals surface area contributed by atoms with Gasteiger partial charge in [0.15, 0.2) is 11.5 Å². The highest BCUT2D eigenvalue weighted by atomic mass is 79.9. The van der Waals surface area contributed by atoms with Crippen molar-refractivity contribution in [1.29, 1.82) is 0 Å². The molecular formula is C11H11BrN2O3. The summed E-state index contributed by atoms with van der Waals surface area (Å²) in [5, 5.41) is 3.64. The molecule has 2 rings (SSSR count). The maximum absolute atomic E-state index is 5.68. The van der Waals surface area contributed by atoms with Crippen LogP contribution in [0, 0.1) is 0 Å². The molecule has 1 heterocycles. The third kappa shape index (κ3) is 2.08. The number of ether oxygens (including phenoxy) is 2. The van der Waals surface area contributed by atoms with Crippen molar-refractivity contribution in [1.82, 2.24) is 5.16 Å². The molecule has 1 aromatic carbocycles. The number of aromatic nitrogens is 1. The van der Waals surface area contributed by atoms with Crippen molar-refractivity contribution in [2.24, 2.45) is 0 Å². The van der Waals surface area contributed by atoms with Crippen molar-refractivity contribution < 1.29 is 14.0 Å². The van der Waals surface area contributed by atoms with E-state index in [2.05, 4.69) is 21.1 Å². The molecule has 5 nitrogen and oxygen atoms in total. The van der Waals surface area contributed by atoms with Gasteiger partial charge in [0.25, 0.3) is 0 Å². The number of rotatable bonds is 3. The van der Waals surface area contributed by atoms with Crippen molar-refractivity contribution in [2.75, 3.05) is 20.0 Å². The predicted octanol–water partition coefficient (Wildman–Crippen LogP) is 2.70. The van der Waals surface area contributed by atoms with Crippen LogP contribution in [0.2, 0.25) is 0 Å². The molecular weight excluding hydrogens is 288 g/mol. The van der Waals surface area contributed by atoms with Gasteiger partial charge in [-0.25, -0.2) is 0 Å². The maximum atomic E-state index is 5.68. The van der Waals surface area contributed by atoms with Crippen LogP contribution in [-0.2, 0) is 0 Å². The number of hydrogen-bond acceptors (Lipinski definition) is 5. The largest absolute Gasteiger partial charge is 0.493 e. The van der Waals surface area contributed by atoms with Crippen molar-refractivity contribution in [3.05, 3.63) is 22.8 Å². The Kier molecular flexibility index (Phi) is 3.23. The first-order chi connectivity index (χ1) is 8.17. The molecule has 0 radical (unpaired) electrons. The van der Waals surface area contributed by atoms with E-state index >= 15 is 0 Å². The van der Waals surface area contributed by atoms with Gasteiger partial charge in [-0.1, -0.05) is 21.1 Å². The zero-order valence-electron chi connectivity index (χ0n) is 9.36. The Morgan fingerprint density at radius 2 is 1.82 bits per heavy atom. The fraction of sp³-hybridized carbons (Fsp3) is 0.182. The van der Waals surface area contributed by atoms with Gasteiger partial charge in [0.2, 0.25) is 5.88 Å². The topological polar surface area (TPSA) is 70.5 Å². The molecule has 0 spiro atoms. The Bertz CT molecular complexity index is 540. The zero-order chi connectivity index (χ0) is 12.4. The van der Waals surface area contributed by atoms with Crippen LogP contribution in [-0.4, -0.2) is 19.4 Å². The van der Waals surface area contributed by atoms with Gasteiger partial charge in [0.1, 0.15) is 0 Å². The summed E-state index contributed by atoms with van der Waals surface area (Å²) in [4.78, 5) is 0. The molecule has 1 aromatic heterocycles. The van der Waals surface area contributed by atoms with Crippen LogP contribution >= 0.6 is 15.9 Å². The van der Waals surface area contributed by atoms with E-state index in [0.717, 1.165) is 10.0 Å². The quantitative estimate of drug-likeness (QED) is 0.943. The molecule has 0 saturated heterocycles. The van der Waals surface area contributed by atoms with E-state index < -0.39 is 0 Å². The van der Waals surface area contributed by atoms with Gasteiger partial charge < -0.3 is 19.7 Å². The van der Waals surface area contributed by atoms with Crippen molar-refractivity contribution in [3.63, 3.8) is 0 Å². The molecule has 0 amide bonds. The highest BCUT2D eigenvalue weighted by Gasteiger charge is 2.15. The number of methoxy groups -OCH3 is 2. The van der Waals surface area contributed by atoms with Crippen molar-refractivity contribution in [2.45, 2.75) is 0 Å². The summed E-state index contributed by atoms with van der Waals surface area (Å²) in [6, 6.07) is 3.62. The van der Waals surface area contributed by atoms with E-state index in [4.69, 9.17) is 19.7 Å². The first kappa shape index (κ1) is 11.8. The molecule has 0 fully saturated rings. The number of hydrogen-bond donors (Lipinski definition) is 1. The first-order valence-electron chi connectivity index (χ1n) is 4.79. The fourth-order valence-corrected chi connectivity index (χ4v) is 2.05. The molecule has 0 unspecified atom stereocenters. The monoisotopic (exact) mass is 298 g/mol. The third-order valence-electron chi connectivity index (χ3n) is 2.36. The average Bonchev–Trinajstić information content (AvgIpc) is 2.75. The summed E-state index contributed by atoms with van der Waals surface area (Å²) in [5.74, 6) is 1.52. The second-order valence-electron chi connectivity index (χ2n) is 3.29. The van der Waals surface area contributed by atoms with Crippen LogP contribution in [0.4, 0.5) is 5.88 Å². The van der Waals surface area contributed by atoms with Crippen LogP contribution in [0.25, 0.3) is 11.1 Å². The lowest BCUT2D eigenvalue weighted by molar-refractivity contribution is 0.355. The molecule has 0 bridgehead atoms. The minimum Gasteiger partial charge on any atom is -0.493 e. The molecule has 6 heteroatoms. The van der Waals surface area contributed by atoms with Gasteiger partial charge in [0.05, 0.1) is 26.0 Å². The molecule has 90 valence electrons. The van der Waals surface area contributed by atoms with Crippen LogP contribution in [0.15, 0.2) is 27.3 Å². The van der Waals surface area contributed by atoms with E-state index in [-0.39, 0.29) is 5.88 Å². The molecule has 0 aliphatic rings. The Hall–Kier alpha value is -1.69. The van der Waals surface area contributed by atoms with Gasteiger partial charge in [0, 0.05) is 10.0 Å². The van der Waals surface area contributed by atoms with Crippen LogP contribution in [0.1, 0.15) is 0 Å². The lowest BCUT2D eigenvalue weighted by Crippen LogP contribution is -1.93. The second-order valence-corrected chi connectivity index (χ2v) is 4.15. The highest BCUT2D eigenvalue weighted by molar-refractivity contribution is 9.10. The van der Waals surface area contributed by atoms with E-state index in [1.807, 2.05) is 6.07 Å². The summed E-state index contributed by atoms with van der Waals surface area (Å²) < 4.78 is 16.1. The zero-order valence-corrected chi connectivity index (χ0v) is 10.9. The molecule has 0 saturated carbocycles. The SMILES string of the molecule is COc1cc(Br)c(-c2cnoc2N)cc1OC. The van der Waals surface area contributed by atoms with Crippen molar-refractivity contribution >= 4 is 21.8 Å². The molecule has 2 N–H and O–H groups in total. The normalized spacial score (nSPS) is 10.3. The maximum Gasteiger partial charge on any atom is 0.229 e. The smallest absolute Gasteiger partial charge is 0.229 e. The van der Waals surface area contributed by atoms with E-state index in [1.54, 1.807) is 26.5 Å². The number of nitrogens with two attached hydrogens (primary N) is 1.